The van der Waals surface area contributed by atoms with E-state index >= 15 is 0 Å². The summed E-state index contributed by atoms with van der Waals surface area (Å²) in [6.07, 6.45) is 1.32. The average molecular weight is 274 g/mol. The maximum absolute atomic E-state index is 12.7. The number of anilines is 1. The minimum atomic E-state index is -0.556. The van der Waals surface area contributed by atoms with Crippen LogP contribution < -0.4 is 5.32 Å². The van der Waals surface area contributed by atoms with Gasteiger partial charge in [-0.1, -0.05) is 18.2 Å². The summed E-state index contributed by atoms with van der Waals surface area (Å²) in [5.74, 6) is -0.0586. The summed E-state index contributed by atoms with van der Waals surface area (Å²) >= 11 is 1.68. The number of aromatic nitrogens is 1. The first-order valence-corrected chi connectivity index (χ1v) is 6.87. The molecule has 0 saturated carbocycles. The van der Waals surface area contributed by atoms with E-state index in [0.29, 0.717) is 5.69 Å². The first-order valence-electron chi connectivity index (χ1n) is 5.88. The molecule has 1 aliphatic rings. The van der Waals surface area contributed by atoms with Crippen LogP contribution in [0.4, 0.5) is 10.1 Å². The van der Waals surface area contributed by atoms with Crippen molar-refractivity contribution in [1.29, 1.82) is 0 Å². The fourth-order valence-electron chi connectivity index (χ4n) is 2.06. The molecule has 3 rings (SSSR count). The van der Waals surface area contributed by atoms with E-state index in [4.69, 9.17) is 0 Å². The van der Waals surface area contributed by atoms with Gasteiger partial charge in [-0.05, 0) is 23.8 Å². The normalized spacial score (nSPS) is 17.0. The van der Waals surface area contributed by atoms with Crippen molar-refractivity contribution < 1.29 is 9.18 Å². The molecule has 1 amide bonds. The highest BCUT2D eigenvalue weighted by atomic mass is 32.2. The number of halogens is 1. The van der Waals surface area contributed by atoms with Crippen molar-refractivity contribution in [3.63, 3.8) is 0 Å². The van der Waals surface area contributed by atoms with E-state index in [1.807, 2.05) is 24.3 Å². The van der Waals surface area contributed by atoms with E-state index in [2.05, 4.69) is 10.3 Å². The van der Waals surface area contributed by atoms with Gasteiger partial charge in [0.05, 0.1) is 17.8 Å². The number of hydrogen-bond donors (Lipinski definition) is 1. The predicted octanol–water partition coefficient (Wildman–Crippen LogP) is 3.05. The van der Waals surface area contributed by atoms with Crippen molar-refractivity contribution in [3.8, 4) is 0 Å². The average Bonchev–Trinajstić information content (AvgIpc) is 2.85. The lowest BCUT2D eigenvalue weighted by molar-refractivity contribution is -0.117. The third kappa shape index (κ3) is 2.46. The van der Waals surface area contributed by atoms with Crippen LogP contribution in [-0.2, 0) is 4.79 Å². The quantitative estimate of drug-likeness (QED) is 0.856. The molecule has 0 aliphatic carbocycles. The molecule has 1 aromatic heterocycles. The molecule has 1 N–H and O–H groups in total. The maximum atomic E-state index is 12.7. The molecule has 3 nitrogen and oxygen atoms in total. The Morgan fingerprint density at radius 1 is 1.32 bits per heavy atom. The third-order valence-electron chi connectivity index (χ3n) is 3.01. The van der Waals surface area contributed by atoms with E-state index < -0.39 is 5.95 Å². The van der Waals surface area contributed by atoms with Gasteiger partial charge in [0.1, 0.15) is 0 Å². The SMILES string of the molecule is O=C(Nc1ccc(F)nc1)C1CSc2ccccc21. The number of rotatable bonds is 2. The number of hydrogen-bond acceptors (Lipinski definition) is 3. The van der Waals surface area contributed by atoms with Crippen LogP contribution in [0.15, 0.2) is 47.5 Å². The molecule has 1 unspecified atom stereocenters. The van der Waals surface area contributed by atoms with E-state index in [9.17, 15) is 9.18 Å². The molecular weight excluding hydrogens is 263 g/mol. The molecule has 0 saturated heterocycles. The summed E-state index contributed by atoms with van der Waals surface area (Å²) in [7, 11) is 0. The molecule has 0 spiro atoms. The summed E-state index contributed by atoms with van der Waals surface area (Å²) in [6, 6.07) is 10.6. The number of amides is 1. The van der Waals surface area contributed by atoms with E-state index in [-0.39, 0.29) is 11.8 Å². The van der Waals surface area contributed by atoms with Crippen LogP contribution in [0.25, 0.3) is 0 Å². The van der Waals surface area contributed by atoms with Crippen LogP contribution in [0.1, 0.15) is 11.5 Å². The van der Waals surface area contributed by atoms with Gasteiger partial charge in [-0.3, -0.25) is 4.79 Å². The van der Waals surface area contributed by atoms with Crippen molar-refractivity contribution in [2.24, 2.45) is 0 Å². The van der Waals surface area contributed by atoms with Crippen molar-refractivity contribution in [3.05, 3.63) is 54.1 Å². The van der Waals surface area contributed by atoms with Gasteiger partial charge >= 0.3 is 0 Å². The largest absolute Gasteiger partial charge is 0.324 e. The molecule has 1 atom stereocenters. The zero-order valence-electron chi connectivity index (χ0n) is 9.97. The topological polar surface area (TPSA) is 42.0 Å². The lowest BCUT2D eigenvalue weighted by atomic mass is 10.0. The summed E-state index contributed by atoms with van der Waals surface area (Å²) in [6.45, 7) is 0. The number of nitrogens with zero attached hydrogens (tertiary/aromatic N) is 1. The highest BCUT2D eigenvalue weighted by Gasteiger charge is 2.28. The fourth-order valence-corrected chi connectivity index (χ4v) is 3.29. The molecule has 5 heteroatoms. The number of fused-ring (bicyclic) bond motifs is 1. The Morgan fingerprint density at radius 3 is 2.95 bits per heavy atom. The van der Waals surface area contributed by atoms with Crippen LogP contribution in [0.3, 0.4) is 0 Å². The number of carbonyl (C=O) groups excluding carboxylic acids is 1. The van der Waals surface area contributed by atoms with Gasteiger partial charge in [0.15, 0.2) is 0 Å². The third-order valence-corrected chi connectivity index (χ3v) is 4.19. The van der Waals surface area contributed by atoms with Crippen LogP contribution in [0.5, 0.6) is 0 Å². The Labute approximate surface area is 114 Å². The molecular formula is C14H11FN2OS. The van der Waals surface area contributed by atoms with Crippen molar-refractivity contribution in [1.82, 2.24) is 4.98 Å². The highest BCUT2D eigenvalue weighted by molar-refractivity contribution is 7.99. The van der Waals surface area contributed by atoms with Crippen LogP contribution in [-0.4, -0.2) is 16.6 Å². The molecule has 0 bridgehead atoms. The summed E-state index contributed by atoms with van der Waals surface area (Å²) in [5, 5.41) is 2.77. The summed E-state index contributed by atoms with van der Waals surface area (Å²) < 4.78 is 12.7. The number of nitrogens with one attached hydrogen (secondary N) is 1. The first kappa shape index (κ1) is 12.2. The van der Waals surface area contributed by atoms with Crippen molar-refractivity contribution >= 4 is 23.4 Å². The van der Waals surface area contributed by atoms with E-state index in [1.54, 1.807) is 11.8 Å². The zero-order valence-corrected chi connectivity index (χ0v) is 10.8. The molecule has 0 radical (unpaired) electrons. The molecule has 2 aromatic rings. The Balaban J connectivity index is 1.77. The van der Waals surface area contributed by atoms with Crippen LogP contribution in [0, 0.1) is 5.95 Å². The summed E-state index contributed by atoms with van der Waals surface area (Å²) in [5.41, 5.74) is 1.57. The lowest BCUT2D eigenvalue weighted by Gasteiger charge is -2.11. The predicted molar refractivity (Wildman–Crippen MR) is 72.7 cm³/mol. The Hall–Kier alpha value is -1.88. The van der Waals surface area contributed by atoms with Gasteiger partial charge in [-0.2, -0.15) is 4.39 Å². The standard InChI is InChI=1S/C14H11FN2OS/c15-13-6-5-9(7-16-13)17-14(18)11-8-19-12-4-2-1-3-10(11)12/h1-7,11H,8H2,(H,17,18). The lowest BCUT2D eigenvalue weighted by Crippen LogP contribution is -2.21. The molecule has 2 heterocycles. The van der Waals surface area contributed by atoms with Gasteiger partial charge in [-0.15, -0.1) is 11.8 Å². The molecule has 19 heavy (non-hydrogen) atoms. The molecule has 0 fully saturated rings. The van der Waals surface area contributed by atoms with Crippen molar-refractivity contribution in [2.45, 2.75) is 10.8 Å². The fraction of sp³-hybridized carbons (Fsp3) is 0.143. The van der Waals surface area contributed by atoms with Crippen molar-refractivity contribution in [2.75, 3.05) is 11.1 Å². The Kier molecular flexibility index (Phi) is 3.21. The Morgan fingerprint density at radius 2 is 2.16 bits per heavy atom. The zero-order chi connectivity index (χ0) is 13.2. The minimum absolute atomic E-state index is 0.0779. The van der Waals surface area contributed by atoms with E-state index in [0.717, 1.165) is 16.2 Å². The monoisotopic (exact) mass is 274 g/mol. The number of carbonyl (C=O) groups is 1. The first-order chi connectivity index (χ1) is 9.24. The number of benzene rings is 1. The number of pyridine rings is 1. The number of thioether (sulfide) groups is 1. The van der Waals surface area contributed by atoms with Crippen LogP contribution >= 0.6 is 11.8 Å². The van der Waals surface area contributed by atoms with Gasteiger partial charge in [0.25, 0.3) is 0 Å². The van der Waals surface area contributed by atoms with E-state index in [1.165, 1.54) is 18.3 Å². The second-order valence-electron chi connectivity index (χ2n) is 4.26. The van der Waals surface area contributed by atoms with Gasteiger partial charge < -0.3 is 5.32 Å². The summed E-state index contributed by atoms with van der Waals surface area (Å²) in [4.78, 5) is 16.9. The molecule has 96 valence electrons. The minimum Gasteiger partial charge on any atom is -0.324 e. The van der Waals surface area contributed by atoms with Gasteiger partial charge in [-0.25, -0.2) is 4.98 Å². The van der Waals surface area contributed by atoms with Gasteiger partial charge in [0.2, 0.25) is 11.9 Å². The molecule has 1 aromatic carbocycles. The second kappa shape index (κ2) is 5.01. The maximum Gasteiger partial charge on any atom is 0.232 e. The molecule has 1 aliphatic heterocycles. The highest BCUT2D eigenvalue weighted by Crippen LogP contribution is 2.39. The van der Waals surface area contributed by atoms with Gasteiger partial charge in [0, 0.05) is 10.6 Å². The van der Waals surface area contributed by atoms with Crippen LogP contribution in [0.2, 0.25) is 0 Å². The Bertz CT molecular complexity index is 615. The smallest absolute Gasteiger partial charge is 0.232 e. The second-order valence-corrected chi connectivity index (χ2v) is 5.32.